The second-order valence-electron chi connectivity index (χ2n) is 7.74. The molecule has 0 radical (unpaired) electrons. The summed E-state index contributed by atoms with van der Waals surface area (Å²) in [6.45, 7) is 8.50. The Morgan fingerprint density at radius 2 is 1.79 bits per heavy atom. The minimum Gasteiger partial charge on any atom is -0.365 e. The van der Waals surface area contributed by atoms with Crippen LogP contribution in [0.4, 0.5) is 11.8 Å². The van der Waals surface area contributed by atoms with Crippen LogP contribution in [0.1, 0.15) is 39.2 Å². The highest BCUT2D eigenvalue weighted by Crippen LogP contribution is 2.24. The second-order valence-corrected chi connectivity index (χ2v) is 7.74. The molecule has 2 heterocycles. The molecule has 1 aromatic carbocycles. The predicted molar refractivity (Wildman–Crippen MR) is 100 cm³/mol. The molecule has 0 spiro atoms. The van der Waals surface area contributed by atoms with Gasteiger partial charge in [0.1, 0.15) is 5.82 Å². The van der Waals surface area contributed by atoms with Crippen LogP contribution in [-0.4, -0.2) is 28.6 Å². The summed E-state index contributed by atoms with van der Waals surface area (Å²) in [6, 6.07) is 12.8. The topological polar surface area (TPSA) is 41.1 Å². The van der Waals surface area contributed by atoms with E-state index < -0.39 is 0 Å². The van der Waals surface area contributed by atoms with Gasteiger partial charge in [0.25, 0.3) is 0 Å². The zero-order chi connectivity index (χ0) is 17.0. The molecular formula is C20H28N4. The fourth-order valence-corrected chi connectivity index (χ4v) is 3.24. The summed E-state index contributed by atoms with van der Waals surface area (Å²) in [5.41, 5.74) is 1.46. The van der Waals surface area contributed by atoms with Crippen molar-refractivity contribution < 1.29 is 0 Å². The van der Waals surface area contributed by atoms with Gasteiger partial charge in [-0.25, -0.2) is 4.98 Å². The summed E-state index contributed by atoms with van der Waals surface area (Å²) in [7, 11) is 0. The molecule has 3 rings (SSSR count). The molecule has 2 aromatic rings. The molecule has 1 aliphatic heterocycles. The van der Waals surface area contributed by atoms with E-state index in [1.807, 2.05) is 12.3 Å². The maximum absolute atomic E-state index is 4.69. The van der Waals surface area contributed by atoms with Crippen molar-refractivity contribution in [2.45, 2.75) is 45.6 Å². The van der Waals surface area contributed by atoms with E-state index in [0.717, 1.165) is 30.8 Å². The molecule has 1 fully saturated rings. The third kappa shape index (κ3) is 4.70. The SMILES string of the molecule is CC(C)(C)Nc1ccnc(N2CCC(Cc3ccccc3)CC2)n1. The number of aromatic nitrogens is 2. The first-order valence-electron chi connectivity index (χ1n) is 8.90. The first kappa shape index (κ1) is 16.7. The van der Waals surface area contributed by atoms with Crippen LogP contribution < -0.4 is 10.2 Å². The van der Waals surface area contributed by atoms with Gasteiger partial charge < -0.3 is 10.2 Å². The van der Waals surface area contributed by atoms with Gasteiger partial charge in [-0.1, -0.05) is 30.3 Å². The summed E-state index contributed by atoms with van der Waals surface area (Å²) >= 11 is 0. The highest BCUT2D eigenvalue weighted by Gasteiger charge is 2.21. The largest absolute Gasteiger partial charge is 0.365 e. The van der Waals surface area contributed by atoms with Crippen molar-refractivity contribution in [2.24, 2.45) is 5.92 Å². The molecule has 0 aliphatic carbocycles. The molecule has 1 aromatic heterocycles. The van der Waals surface area contributed by atoms with Gasteiger partial charge >= 0.3 is 0 Å². The molecule has 1 saturated heterocycles. The van der Waals surface area contributed by atoms with Gasteiger partial charge in [-0.15, -0.1) is 0 Å². The van der Waals surface area contributed by atoms with Gasteiger partial charge in [0.2, 0.25) is 5.95 Å². The minimum absolute atomic E-state index is 0.00823. The van der Waals surface area contributed by atoms with Crippen molar-refractivity contribution in [1.29, 1.82) is 0 Å². The van der Waals surface area contributed by atoms with Crippen LogP contribution in [0.3, 0.4) is 0 Å². The van der Waals surface area contributed by atoms with Crippen molar-refractivity contribution in [2.75, 3.05) is 23.3 Å². The van der Waals surface area contributed by atoms with Gasteiger partial charge in [-0.2, -0.15) is 4.98 Å². The van der Waals surface area contributed by atoms with E-state index in [0.29, 0.717) is 0 Å². The molecule has 1 aliphatic rings. The monoisotopic (exact) mass is 324 g/mol. The molecule has 0 amide bonds. The van der Waals surface area contributed by atoms with Crippen LogP contribution in [0.15, 0.2) is 42.6 Å². The molecule has 0 bridgehead atoms. The highest BCUT2D eigenvalue weighted by atomic mass is 15.3. The number of hydrogen-bond acceptors (Lipinski definition) is 4. The van der Waals surface area contributed by atoms with Gasteiger partial charge in [0.15, 0.2) is 0 Å². The third-order valence-corrected chi connectivity index (χ3v) is 4.41. The Labute approximate surface area is 145 Å². The Morgan fingerprint density at radius 1 is 1.08 bits per heavy atom. The van der Waals surface area contributed by atoms with E-state index in [-0.39, 0.29) is 5.54 Å². The number of nitrogens with one attached hydrogen (secondary N) is 1. The van der Waals surface area contributed by atoms with E-state index in [1.165, 1.54) is 24.8 Å². The number of anilines is 2. The van der Waals surface area contributed by atoms with Crippen molar-refractivity contribution in [1.82, 2.24) is 9.97 Å². The molecule has 0 unspecified atom stereocenters. The normalized spacial score (nSPS) is 16.2. The van der Waals surface area contributed by atoms with Crippen LogP contribution in [0, 0.1) is 5.92 Å². The number of hydrogen-bond donors (Lipinski definition) is 1. The first-order chi connectivity index (χ1) is 11.5. The summed E-state index contributed by atoms with van der Waals surface area (Å²) in [4.78, 5) is 11.5. The van der Waals surface area contributed by atoms with Gasteiger partial charge in [-0.3, -0.25) is 0 Å². The van der Waals surface area contributed by atoms with Crippen molar-refractivity contribution >= 4 is 11.8 Å². The van der Waals surface area contributed by atoms with Gasteiger partial charge in [-0.05, 0) is 57.6 Å². The number of piperidine rings is 1. The van der Waals surface area contributed by atoms with Crippen molar-refractivity contribution in [3.05, 3.63) is 48.2 Å². The lowest BCUT2D eigenvalue weighted by Gasteiger charge is -2.32. The molecule has 0 atom stereocenters. The summed E-state index contributed by atoms with van der Waals surface area (Å²) < 4.78 is 0. The maximum atomic E-state index is 4.69. The Balaban J connectivity index is 1.57. The van der Waals surface area contributed by atoms with Gasteiger partial charge in [0.05, 0.1) is 0 Å². The molecule has 1 N–H and O–H groups in total. The quantitative estimate of drug-likeness (QED) is 0.917. The van der Waals surface area contributed by atoms with Crippen LogP contribution in [-0.2, 0) is 6.42 Å². The number of benzene rings is 1. The second kappa shape index (κ2) is 7.20. The van der Waals surface area contributed by atoms with Crippen molar-refractivity contribution in [3.8, 4) is 0 Å². The molecule has 24 heavy (non-hydrogen) atoms. The summed E-state index contributed by atoms with van der Waals surface area (Å²) in [5.74, 6) is 2.51. The minimum atomic E-state index is 0.00823. The molecular weight excluding hydrogens is 296 g/mol. The fourth-order valence-electron chi connectivity index (χ4n) is 3.24. The van der Waals surface area contributed by atoms with Crippen LogP contribution in [0.25, 0.3) is 0 Å². The van der Waals surface area contributed by atoms with Crippen LogP contribution >= 0.6 is 0 Å². The predicted octanol–water partition coefficient (Wildman–Crippen LogP) is 4.15. The lowest BCUT2D eigenvalue weighted by molar-refractivity contribution is 0.400. The van der Waals surface area contributed by atoms with E-state index in [9.17, 15) is 0 Å². The average Bonchev–Trinajstić information content (AvgIpc) is 2.55. The average molecular weight is 324 g/mol. The Hall–Kier alpha value is -2.10. The van der Waals surface area contributed by atoms with E-state index in [1.54, 1.807) is 0 Å². The van der Waals surface area contributed by atoms with Gasteiger partial charge in [0, 0.05) is 24.8 Å². The smallest absolute Gasteiger partial charge is 0.227 e. The van der Waals surface area contributed by atoms with E-state index >= 15 is 0 Å². The first-order valence-corrected chi connectivity index (χ1v) is 8.90. The standard InChI is InChI=1S/C20H28N4/c1-20(2,3)23-18-9-12-21-19(22-18)24-13-10-17(11-14-24)15-16-7-5-4-6-8-16/h4-9,12,17H,10-11,13-15H2,1-3H3,(H,21,22,23). The van der Waals surface area contributed by atoms with E-state index in [2.05, 4.69) is 66.3 Å². The fraction of sp³-hybridized carbons (Fsp3) is 0.500. The lowest BCUT2D eigenvalue weighted by atomic mass is 9.90. The Morgan fingerprint density at radius 3 is 2.46 bits per heavy atom. The van der Waals surface area contributed by atoms with Crippen LogP contribution in [0.2, 0.25) is 0 Å². The van der Waals surface area contributed by atoms with Crippen LogP contribution in [0.5, 0.6) is 0 Å². The molecule has 128 valence electrons. The molecule has 4 heteroatoms. The lowest BCUT2D eigenvalue weighted by Crippen LogP contribution is -2.35. The number of nitrogens with zero attached hydrogens (tertiary/aromatic N) is 3. The highest BCUT2D eigenvalue weighted by molar-refractivity contribution is 5.43. The summed E-state index contributed by atoms with van der Waals surface area (Å²) in [6.07, 6.45) is 5.44. The molecule has 0 saturated carbocycles. The zero-order valence-corrected chi connectivity index (χ0v) is 15.0. The Kier molecular flexibility index (Phi) is 5.03. The maximum Gasteiger partial charge on any atom is 0.227 e. The summed E-state index contributed by atoms with van der Waals surface area (Å²) in [5, 5.41) is 3.42. The molecule has 4 nitrogen and oxygen atoms in total. The van der Waals surface area contributed by atoms with E-state index in [4.69, 9.17) is 4.98 Å². The zero-order valence-electron chi connectivity index (χ0n) is 15.0. The number of rotatable bonds is 4. The third-order valence-electron chi connectivity index (χ3n) is 4.41. The Bertz CT molecular complexity index is 640. The van der Waals surface area contributed by atoms with Crippen molar-refractivity contribution in [3.63, 3.8) is 0 Å².